The second-order valence-electron chi connectivity index (χ2n) is 6.55. The van der Waals surface area contributed by atoms with Crippen LogP contribution in [0.3, 0.4) is 0 Å². The Balaban J connectivity index is 2.06. The summed E-state index contributed by atoms with van der Waals surface area (Å²) in [5.41, 5.74) is 11.4. The standard InChI is InChI=1S/C23H21N3O2/c1-3-16-12-15(2)20(10-4-17-5-11-21(24)25-14-17)22(26-13-16)18-6-8-19(9-7-18)23(27)28/h5-9,11,13-14H,3,12H2,1-2H3,(H2,24,25)(H,27,28). The molecular weight excluding hydrogens is 350 g/mol. The van der Waals surface area contributed by atoms with E-state index >= 15 is 0 Å². The molecule has 0 saturated heterocycles. The van der Waals surface area contributed by atoms with Gasteiger partial charge in [0, 0.05) is 23.5 Å². The van der Waals surface area contributed by atoms with Crippen LogP contribution in [0.2, 0.25) is 0 Å². The zero-order valence-electron chi connectivity index (χ0n) is 15.9. The number of nitrogens with two attached hydrogens (primary N) is 1. The van der Waals surface area contributed by atoms with Crippen molar-refractivity contribution < 1.29 is 9.90 Å². The van der Waals surface area contributed by atoms with Crippen molar-refractivity contribution in [3.8, 4) is 11.8 Å². The minimum Gasteiger partial charge on any atom is -0.478 e. The molecule has 28 heavy (non-hydrogen) atoms. The van der Waals surface area contributed by atoms with Gasteiger partial charge in [0.2, 0.25) is 0 Å². The normalized spacial score (nSPS) is 13.8. The monoisotopic (exact) mass is 371 g/mol. The number of rotatable bonds is 3. The Morgan fingerprint density at radius 1 is 1.18 bits per heavy atom. The fourth-order valence-electron chi connectivity index (χ4n) is 2.88. The average molecular weight is 371 g/mol. The number of benzene rings is 1. The Labute approximate surface area is 164 Å². The molecule has 5 heteroatoms. The molecular formula is C23H21N3O2. The van der Waals surface area contributed by atoms with Crippen LogP contribution in [-0.4, -0.2) is 21.8 Å². The van der Waals surface area contributed by atoms with E-state index in [0.29, 0.717) is 5.82 Å². The van der Waals surface area contributed by atoms with Gasteiger partial charge in [0.1, 0.15) is 5.82 Å². The number of nitrogens with zero attached hydrogens (tertiary/aromatic N) is 2. The van der Waals surface area contributed by atoms with Gasteiger partial charge in [0.05, 0.1) is 16.8 Å². The van der Waals surface area contributed by atoms with E-state index in [-0.39, 0.29) is 5.56 Å². The number of hydrogen-bond donors (Lipinski definition) is 2. The summed E-state index contributed by atoms with van der Waals surface area (Å²) in [6, 6.07) is 10.3. The van der Waals surface area contributed by atoms with Crippen molar-refractivity contribution in [2.24, 2.45) is 4.99 Å². The van der Waals surface area contributed by atoms with Crippen molar-refractivity contribution in [3.05, 3.63) is 82.2 Å². The SMILES string of the molecule is CCC1=CN=C(c2ccc(C(=O)O)cc2)C(C#Cc2ccc(N)nc2)=C(C)C1. The third kappa shape index (κ3) is 4.36. The molecule has 0 aliphatic carbocycles. The molecule has 0 spiro atoms. The lowest BCUT2D eigenvalue weighted by atomic mass is 9.95. The summed E-state index contributed by atoms with van der Waals surface area (Å²) in [5, 5.41) is 9.14. The molecule has 0 amide bonds. The number of nitrogen functional groups attached to an aromatic ring is 1. The molecule has 140 valence electrons. The fraction of sp³-hybridized carbons (Fsp3) is 0.174. The first kappa shape index (κ1) is 19.1. The van der Waals surface area contributed by atoms with E-state index < -0.39 is 5.97 Å². The average Bonchev–Trinajstić information content (AvgIpc) is 2.86. The Kier molecular flexibility index (Phi) is 5.71. The van der Waals surface area contributed by atoms with Gasteiger partial charge in [-0.25, -0.2) is 9.78 Å². The minimum absolute atomic E-state index is 0.240. The van der Waals surface area contributed by atoms with Crippen LogP contribution in [0.15, 0.2) is 70.5 Å². The van der Waals surface area contributed by atoms with Crippen LogP contribution in [0.4, 0.5) is 5.82 Å². The largest absolute Gasteiger partial charge is 0.478 e. The number of allylic oxidation sites excluding steroid dienone is 3. The van der Waals surface area contributed by atoms with Gasteiger partial charge in [-0.2, -0.15) is 0 Å². The first-order valence-electron chi connectivity index (χ1n) is 9.01. The Morgan fingerprint density at radius 2 is 1.93 bits per heavy atom. The number of aliphatic imine (C=N–C) groups is 1. The zero-order valence-corrected chi connectivity index (χ0v) is 15.9. The van der Waals surface area contributed by atoms with Crippen LogP contribution in [0, 0.1) is 11.8 Å². The molecule has 0 saturated carbocycles. The van der Waals surface area contributed by atoms with Gasteiger partial charge in [-0.3, -0.25) is 4.99 Å². The summed E-state index contributed by atoms with van der Waals surface area (Å²) in [4.78, 5) is 19.9. The van der Waals surface area contributed by atoms with E-state index in [1.54, 1.807) is 36.5 Å². The molecule has 3 N–H and O–H groups in total. The molecule has 1 aliphatic heterocycles. The first-order valence-corrected chi connectivity index (χ1v) is 9.01. The van der Waals surface area contributed by atoms with E-state index in [0.717, 1.165) is 40.8 Å². The molecule has 0 unspecified atom stereocenters. The summed E-state index contributed by atoms with van der Waals surface area (Å²) < 4.78 is 0. The smallest absolute Gasteiger partial charge is 0.335 e. The molecule has 3 rings (SSSR count). The van der Waals surface area contributed by atoms with Crippen LogP contribution in [-0.2, 0) is 0 Å². The Bertz CT molecular complexity index is 1050. The third-order valence-electron chi connectivity index (χ3n) is 4.51. The molecule has 0 radical (unpaired) electrons. The minimum atomic E-state index is -0.954. The highest BCUT2D eigenvalue weighted by molar-refractivity contribution is 6.16. The van der Waals surface area contributed by atoms with Crippen molar-refractivity contribution in [2.75, 3.05) is 5.73 Å². The maximum atomic E-state index is 11.1. The summed E-state index contributed by atoms with van der Waals surface area (Å²) in [7, 11) is 0. The first-order chi connectivity index (χ1) is 13.5. The van der Waals surface area contributed by atoms with Gasteiger partial charge >= 0.3 is 5.97 Å². The van der Waals surface area contributed by atoms with Gasteiger partial charge in [-0.05, 0) is 49.6 Å². The fourth-order valence-corrected chi connectivity index (χ4v) is 2.88. The lowest BCUT2D eigenvalue weighted by Gasteiger charge is -2.09. The summed E-state index contributed by atoms with van der Waals surface area (Å²) >= 11 is 0. The van der Waals surface area contributed by atoms with Crippen molar-refractivity contribution in [1.82, 2.24) is 4.98 Å². The van der Waals surface area contributed by atoms with Crippen LogP contribution in [0.25, 0.3) is 0 Å². The molecule has 2 heterocycles. The lowest BCUT2D eigenvalue weighted by molar-refractivity contribution is 0.0697. The second-order valence-corrected chi connectivity index (χ2v) is 6.55. The van der Waals surface area contributed by atoms with E-state index in [1.165, 1.54) is 5.57 Å². The number of carboxylic acid groups (broad SMARTS) is 1. The molecule has 5 nitrogen and oxygen atoms in total. The van der Waals surface area contributed by atoms with Crippen molar-refractivity contribution in [1.29, 1.82) is 0 Å². The third-order valence-corrected chi connectivity index (χ3v) is 4.51. The molecule has 1 aromatic carbocycles. The van der Waals surface area contributed by atoms with Crippen molar-refractivity contribution >= 4 is 17.5 Å². The molecule has 0 fully saturated rings. The Hall–Kier alpha value is -3.65. The number of carbonyl (C=O) groups is 1. The number of pyridine rings is 1. The van der Waals surface area contributed by atoms with Crippen LogP contribution in [0.1, 0.15) is 48.2 Å². The van der Waals surface area contributed by atoms with E-state index in [1.807, 2.05) is 12.3 Å². The number of aromatic carboxylic acids is 1. The number of aromatic nitrogens is 1. The zero-order chi connectivity index (χ0) is 20.1. The lowest BCUT2D eigenvalue weighted by Crippen LogP contribution is -2.06. The number of anilines is 1. The summed E-state index contributed by atoms with van der Waals surface area (Å²) in [6.07, 6.45) is 5.25. The van der Waals surface area contributed by atoms with Gasteiger partial charge in [0.25, 0.3) is 0 Å². The number of hydrogen-bond acceptors (Lipinski definition) is 4. The number of carboxylic acids is 1. The highest BCUT2D eigenvalue weighted by Gasteiger charge is 2.16. The van der Waals surface area contributed by atoms with E-state index in [2.05, 4.69) is 35.7 Å². The van der Waals surface area contributed by atoms with Gasteiger partial charge < -0.3 is 10.8 Å². The van der Waals surface area contributed by atoms with Crippen molar-refractivity contribution in [2.45, 2.75) is 26.7 Å². The molecule has 0 bridgehead atoms. The predicted molar refractivity (Wildman–Crippen MR) is 111 cm³/mol. The van der Waals surface area contributed by atoms with Gasteiger partial charge in [-0.1, -0.05) is 36.5 Å². The van der Waals surface area contributed by atoms with Gasteiger partial charge in [0.15, 0.2) is 0 Å². The quantitative estimate of drug-likeness (QED) is 0.791. The van der Waals surface area contributed by atoms with Crippen molar-refractivity contribution in [3.63, 3.8) is 0 Å². The van der Waals surface area contributed by atoms with E-state index in [4.69, 9.17) is 10.8 Å². The molecule has 1 aliphatic rings. The van der Waals surface area contributed by atoms with Crippen LogP contribution >= 0.6 is 0 Å². The summed E-state index contributed by atoms with van der Waals surface area (Å²) in [5.74, 6) is 5.88. The highest BCUT2D eigenvalue weighted by Crippen LogP contribution is 2.24. The molecule has 0 atom stereocenters. The predicted octanol–water partition coefficient (Wildman–Crippen LogP) is 4.22. The van der Waals surface area contributed by atoms with Crippen LogP contribution in [0.5, 0.6) is 0 Å². The topological polar surface area (TPSA) is 88.6 Å². The second kappa shape index (κ2) is 8.36. The maximum Gasteiger partial charge on any atom is 0.335 e. The Morgan fingerprint density at radius 3 is 2.54 bits per heavy atom. The highest BCUT2D eigenvalue weighted by atomic mass is 16.4. The molecule has 1 aromatic heterocycles. The maximum absolute atomic E-state index is 11.1. The summed E-state index contributed by atoms with van der Waals surface area (Å²) in [6.45, 7) is 4.16. The van der Waals surface area contributed by atoms with E-state index in [9.17, 15) is 4.79 Å². The van der Waals surface area contributed by atoms with Crippen LogP contribution < -0.4 is 5.73 Å². The molecule has 2 aromatic rings. The van der Waals surface area contributed by atoms with Gasteiger partial charge in [-0.15, -0.1) is 0 Å².